The highest BCUT2D eigenvalue weighted by molar-refractivity contribution is 5.81. The average molecular weight is 412 g/mol. The molecule has 8 heteroatoms. The summed E-state index contributed by atoms with van der Waals surface area (Å²) in [4.78, 5) is 31.5. The van der Waals surface area contributed by atoms with E-state index in [4.69, 9.17) is 4.74 Å². The van der Waals surface area contributed by atoms with Gasteiger partial charge in [-0.3, -0.25) is 13.9 Å². The lowest BCUT2D eigenvalue weighted by Crippen LogP contribution is -2.45. The van der Waals surface area contributed by atoms with E-state index < -0.39 is 6.10 Å². The molecule has 1 aliphatic heterocycles. The molecule has 1 unspecified atom stereocenters. The van der Waals surface area contributed by atoms with Gasteiger partial charge < -0.3 is 9.64 Å². The van der Waals surface area contributed by atoms with Crippen molar-refractivity contribution in [2.45, 2.75) is 32.4 Å². The van der Waals surface area contributed by atoms with E-state index in [0.717, 1.165) is 18.4 Å². The number of nitrogens with zero attached hydrogens (tertiary/aromatic N) is 4. The second-order valence-corrected chi connectivity index (χ2v) is 7.78. The molecule has 0 bridgehead atoms. The topological polar surface area (TPSA) is 69.4 Å². The smallest absolute Gasteiger partial charge is 0.330 e. The van der Waals surface area contributed by atoms with Crippen molar-refractivity contribution in [2.75, 3.05) is 13.1 Å². The van der Waals surface area contributed by atoms with E-state index >= 15 is 0 Å². The van der Waals surface area contributed by atoms with Crippen LogP contribution in [-0.2, 0) is 18.4 Å². The van der Waals surface area contributed by atoms with Gasteiger partial charge in [-0.25, -0.2) is 14.2 Å². The van der Waals surface area contributed by atoms with E-state index in [1.165, 1.54) is 24.3 Å². The number of imidazole rings is 1. The maximum Gasteiger partial charge on any atom is 0.330 e. The Bertz CT molecular complexity index is 1100. The van der Waals surface area contributed by atoms with Crippen LogP contribution in [0.2, 0.25) is 0 Å². The molecule has 1 aromatic carbocycles. The third kappa shape index (κ3) is 3.94. The van der Waals surface area contributed by atoms with Crippen LogP contribution in [0, 0.1) is 11.7 Å². The van der Waals surface area contributed by atoms with E-state index in [1.54, 1.807) is 34.2 Å². The number of halogens is 1. The van der Waals surface area contributed by atoms with E-state index in [-0.39, 0.29) is 17.4 Å². The number of likely N-dealkylation sites (tertiary alicyclic amines) is 1. The van der Waals surface area contributed by atoms with Crippen LogP contribution in [0.4, 0.5) is 4.39 Å². The Morgan fingerprint density at radius 3 is 2.63 bits per heavy atom. The van der Waals surface area contributed by atoms with Crippen LogP contribution < -0.4 is 10.4 Å². The van der Waals surface area contributed by atoms with E-state index in [2.05, 4.69) is 4.98 Å². The first-order chi connectivity index (χ1) is 14.4. The summed E-state index contributed by atoms with van der Waals surface area (Å²) in [6, 6.07) is 9.36. The molecule has 3 aromatic rings. The Balaban J connectivity index is 1.36. The Labute approximate surface area is 173 Å². The average Bonchev–Trinajstić information content (AvgIpc) is 3.00. The molecule has 0 saturated carbocycles. The van der Waals surface area contributed by atoms with Crippen LogP contribution >= 0.6 is 0 Å². The Hall–Kier alpha value is -3.16. The summed E-state index contributed by atoms with van der Waals surface area (Å²) in [5.74, 6) is 0.341. The van der Waals surface area contributed by atoms with Crippen molar-refractivity contribution in [3.05, 3.63) is 58.9 Å². The fraction of sp³-hybridized carbons (Fsp3) is 0.409. The molecule has 0 radical (unpaired) electrons. The normalized spacial score (nSPS) is 16.0. The molecule has 30 heavy (non-hydrogen) atoms. The zero-order valence-corrected chi connectivity index (χ0v) is 17.1. The molecular formula is C22H25FN4O3. The fourth-order valence-electron chi connectivity index (χ4n) is 4.02. The number of aryl methyl sites for hydroxylation is 1. The maximum atomic E-state index is 13.0. The first-order valence-electron chi connectivity index (χ1n) is 10.2. The van der Waals surface area contributed by atoms with E-state index in [1.807, 2.05) is 12.1 Å². The summed E-state index contributed by atoms with van der Waals surface area (Å²) >= 11 is 0. The van der Waals surface area contributed by atoms with Gasteiger partial charge in [0.15, 0.2) is 11.8 Å². The van der Waals surface area contributed by atoms with Crippen molar-refractivity contribution < 1.29 is 13.9 Å². The minimum atomic E-state index is -0.642. The fourth-order valence-corrected chi connectivity index (χ4v) is 4.02. The lowest BCUT2D eigenvalue weighted by Gasteiger charge is -2.33. The van der Waals surface area contributed by atoms with Crippen LogP contribution in [0.1, 0.15) is 19.8 Å². The number of carbonyl (C=O) groups excluding carboxylic acids is 1. The monoisotopic (exact) mass is 412 g/mol. The van der Waals surface area contributed by atoms with Crippen LogP contribution in [0.3, 0.4) is 0 Å². The number of amides is 1. The standard InChI is InChI=1S/C22H25FN4O3/c1-15(30-18-7-5-17(23)6-8-18)21(28)26-12-9-16(10-13-26)14-27-20-19(4-3-11-24-20)25(2)22(27)29/h3-8,11,15-16H,9-10,12-14H2,1-2H3. The van der Waals surface area contributed by atoms with Crippen molar-refractivity contribution >= 4 is 17.1 Å². The summed E-state index contributed by atoms with van der Waals surface area (Å²) in [6.45, 7) is 3.54. The van der Waals surface area contributed by atoms with Crippen LogP contribution in [-0.4, -0.2) is 44.1 Å². The van der Waals surface area contributed by atoms with Crippen molar-refractivity contribution in [3.63, 3.8) is 0 Å². The second kappa shape index (κ2) is 8.30. The highest BCUT2D eigenvalue weighted by atomic mass is 19.1. The number of pyridine rings is 1. The molecule has 0 N–H and O–H groups in total. The summed E-state index contributed by atoms with van der Waals surface area (Å²) in [5, 5.41) is 0. The quantitative estimate of drug-likeness (QED) is 0.646. The van der Waals surface area contributed by atoms with Gasteiger partial charge in [0.1, 0.15) is 11.6 Å². The molecule has 4 rings (SSSR count). The van der Waals surface area contributed by atoms with Gasteiger partial charge in [0.25, 0.3) is 5.91 Å². The number of fused-ring (bicyclic) bond motifs is 1. The number of carbonyl (C=O) groups is 1. The molecule has 1 amide bonds. The van der Waals surface area contributed by atoms with Gasteiger partial charge in [-0.05, 0) is 62.1 Å². The molecule has 1 aliphatic rings. The van der Waals surface area contributed by atoms with Gasteiger partial charge >= 0.3 is 5.69 Å². The summed E-state index contributed by atoms with van der Waals surface area (Å²) in [7, 11) is 1.76. The van der Waals surface area contributed by atoms with E-state index in [0.29, 0.717) is 36.9 Å². The largest absolute Gasteiger partial charge is 0.481 e. The van der Waals surface area contributed by atoms with Gasteiger partial charge in [0, 0.05) is 32.9 Å². The zero-order valence-electron chi connectivity index (χ0n) is 17.1. The molecule has 7 nitrogen and oxygen atoms in total. The highest BCUT2D eigenvalue weighted by Gasteiger charge is 2.28. The van der Waals surface area contributed by atoms with Gasteiger partial charge in [-0.15, -0.1) is 0 Å². The van der Waals surface area contributed by atoms with Crippen molar-refractivity contribution in [3.8, 4) is 5.75 Å². The van der Waals surface area contributed by atoms with Crippen molar-refractivity contribution in [2.24, 2.45) is 13.0 Å². The number of hydrogen-bond donors (Lipinski definition) is 0. The first kappa shape index (κ1) is 20.1. The molecule has 1 atom stereocenters. The first-order valence-corrected chi connectivity index (χ1v) is 10.2. The molecule has 0 spiro atoms. The van der Waals surface area contributed by atoms with Gasteiger partial charge in [-0.1, -0.05) is 0 Å². The van der Waals surface area contributed by atoms with Crippen molar-refractivity contribution in [1.82, 2.24) is 19.0 Å². The number of hydrogen-bond acceptors (Lipinski definition) is 4. The Morgan fingerprint density at radius 2 is 1.93 bits per heavy atom. The number of piperidine rings is 1. The van der Waals surface area contributed by atoms with E-state index in [9.17, 15) is 14.0 Å². The lowest BCUT2D eigenvalue weighted by atomic mass is 9.96. The molecule has 158 valence electrons. The minimum Gasteiger partial charge on any atom is -0.481 e. The summed E-state index contributed by atoms with van der Waals surface area (Å²) in [6.07, 6.45) is 2.68. The minimum absolute atomic E-state index is 0.0662. The zero-order chi connectivity index (χ0) is 21.3. The molecule has 1 fully saturated rings. The SMILES string of the molecule is CC(Oc1ccc(F)cc1)C(=O)N1CCC(Cn2c(=O)n(C)c3cccnc32)CC1. The number of aromatic nitrogens is 3. The summed E-state index contributed by atoms with van der Waals surface area (Å²) in [5.41, 5.74) is 1.45. The molecule has 3 heterocycles. The van der Waals surface area contributed by atoms with Crippen molar-refractivity contribution in [1.29, 1.82) is 0 Å². The van der Waals surface area contributed by atoms with Gasteiger partial charge in [0.05, 0.1) is 5.52 Å². The molecule has 2 aromatic heterocycles. The maximum absolute atomic E-state index is 13.0. The number of ether oxygens (including phenoxy) is 1. The Kier molecular flexibility index (Phi) is 5.57. The van der Waals surface area contributed by atoms with Crippen LogP contribution in [0.25, 0.3) is 11.2 Å². The predicted molar refractivity (Wildman–Crippen MR) is 111 cm³/mol. The van der Waals surface area contributed by atoms with Crippen LogP contribution in [0.5, 0.6) is 5.75 Å². The van der Waals surface area contributed by atoms with Gasteiger partial charge in [-0.2, -0.15) is 0 Å². The number of rotatable bonds is 5. The lowest BCUT2D eigenvalue weighted by molar-refractivity contribution is -0.139. The molecule has 0 aliphatic carbocycles. The summed E-state index contributed by atoms with van der Waals surface area (Å²) < 4.78 is 22.0. The van der Waals surface area contributed by atoms with Gasteiger partial charge in [0.2, 0.25) is 0 Å². The highest BCUT2D eigenvalue weighted by Crippen LogP contribution is 2.22. The number of benzene rings is 1. The Morgan fingerprint density at radius 1 is 1.23 bits per heavy atom. The third-order valence-electron chi connectivity index (χ3n) is 5.74. The predicted octanol–water partition coefficient (Wildman–Crippen LogP) is 2.58. The molecular weight excluding hydrogens is 387 g/mol. The molecule has 1 saturated heterocycles. The third-order valence-corrected chi connectivity index (χ3v) is 5.74. The van der Waals surface area contributed by atoms with Crippen LogP contribution in [0.15, 0.2) is 47.4 Å². The second-order valence-electron chi connectivity index (χ2n) is 7.78.